The monoisotopic (exact) mass is 433 g/mol. The smallest absolute Gasteiger partial charge is 0.315 e. The molecule has 3 N–H and O–H groups in total. The van der Waals surface area contributed by atoms with Crippen molar-refractivity contribution in [1.29, 1.82) is 0 Å². The van der Waals surface area contributed by atoms with Gasteiger partial charge in [-0.1, -0.05) is 28.1 Å². The summed E-state index contributed by atoms with van der Waals surface area (Å²) in [5.74, 6) is 0.540. The fraction of sp³-hybridized carbons (Fsp3) is 0.300. The van der Waals surface area contributed by atoms with Crippen molar-refractivity contribution in [3.05, 3.63) is 58.1 Å². The molecule has 0 saturated heterocycles. The second-order valence-electron chi connectivity index (χ2n) is 6.14. The summed E-state index contributed by atoms with van der Waals surface area (Å²) in [7, 11) is 0. The molecule has 2 rings (SSSR count). The minimum atomic E-state index is -0.381. The molecule has 0 unspecified atom stereocenters. The Morgan fingerprint density at radius 1 is 1.07 bits per heavy atom. The number of aryl methyl sites for hydroxylation is 2. The summed E-state index contributed by atoms with van der Waals surface area (Å²) >= 11 is 3.38. The van der Waals surface area contributed by atoms with Crippen LogP contribution in [0.2, 0.25) is 0 Å². The number of ether oxygens (including phenoxy) is 1. The SMILES string of the molecule is Cc1cccc(OCCCNC(=O)NCC(=O)Nc2ccc(Br)cc2C)c1. The van der Waals surface area contributed by atoms with Crippen molar-refractivity contribution in [2.24, 2.45) is 0 Å². The van der Waals surface area contributed by atoms with Crippen molar-refractivity contribution in [2.75, 3.05) is 25.0 Å². The van der Waals surface area contributed by atoms with Gasteiger partial charge in [-0.15, -0.1) is 0 Å². The van der Waals surface area contributed by atoms with Gasteiger partial charge >= 0.3 is 6.03 Å². The van der Waals surface area contributed by atoms with E-state index in [0.717, 1.165) is 27.0 Å². The Bertz CT molecular complexity index is 796. The zero-order valence-electron chi connectivity index (χ0n) is 15.5. The topological polar surface area (TPSA) is 79.5 Å². The van der Waals surface area contributed by atoms with Crippen molar-refractivity contribution in [1.82, 2.24) is 10.6 Å². The Kier molecular flexibility index (Phi) is 8.13. The maximum Gasteiger partial charge on any atom is 0.315 e. The first kappa shape index (κ1) is 20.8. The van der Waals surface area contributed by atoms with Crippen molar-refractivity contribution in [3.63, 3.8) is 0 Å². The largest absolute Gasteiger partial charge is 0.494 e. The summed E-state index contributed by atoms with van der Waals surface area (Å²) in [6.07, 6.45) is 0.672. The zero-order valence-corrected chi connectivity index (χ0v) is 17.1. The number of hydrogen-bond donors (Lipinski definition) is 3. The predicted octanol–water partition coefficient (Wildman–Crippen LogP) is 3.77. The van der Waals surface area contributed by atoms with Gasteiger partial charge in [0.1, 0.15) is 5.75 Å². The van der Waals surface area contributed by atoms with Crippen molar-refractivity contribution < 1.29 is 14.3 Å². The first-order valence-corrected chi connectivity index (χ1v) is 9.50. The number of urea groups is 1. The summed E-state index contributed by atoms with van der Waals surface area (Å²) < 4.78 is 6.56. The number of nitrogens with one attached hydrogen (secondary N) is 3. The first-order valence-electron chi connectivity index (χ1n) is 8.71. The summed E-state index contributed by atoms with van der Waals surface area (Å²) in [6.45, 7) is 4.78. The van der Waals surface area contributed by atoms with Crippen LogP contribution in [0, 0.1) is 13.8 Å². The molecule has 0 heterocycles. The van der Waals surface area contributed by atoms with Crippen LogP contribution in [0.15, 0.2) is 46.9 Å². The van der Waals surface area contributed by atoms with Gasteiger partial charge in [0.05, 0.1) is 13.2 Å². The molecule has 0 atom stereocenters. The molecule has 0 aliphatic rings. The van der Waals surface area contributed by atoms with Crippen LogP contribution in [0.25, 0.3) is 0 Å². The Hall–Kier alpha value is -2.54. The fourth-order valence-electron chi connectivity index (χ4n) is 2.35. The molecule has 0 aromatic heterocycles. The molecule has 7 heteroatoms. The molecule has 0 radical (unpaired) electrons. The lowest BCUT2D eigenvalue weighted by atomic mass is 10.2. The number of carbonyl (C=O) groups is 2. The Morgan fingerprint density at radius 3 is 2.63 bits per heavy atom. The van der Waals surface area contributed by atoms with E-state index in [1.165, 1.54) is 0 Å². The van der Waals surface area contributed by atoms with E-state index in [1.54, 1.807) is 0 Å². The average molecular weight is 434 g/mol. The lowest BCUT2D eigenvalue weighted by molar-refractivity contribution is -0.115. The van der Waals surface area contributed by atoms with E-state index < -0.39 is 0 Å². The second-order valence-corrected chi connectivity index (χ2v) is 7.05. The number of benzene rings is 2. The van der Waals surface area contributed by atoms with E-state index in [1.807, 2.05) is 56.3 Å². The van der Waals surface area contributed by atoms with E-state index in [0.29, 0.717) is 19.6 Å². The lowest BCUT2D eigenvalue weighted by Crippen LogP contribution is -2.40. The molecule has 2 aromatic rings. The van der Waals surface area contributed by atoms with Gasteiger partial charge < -0.3 is 20.7 Å². The normalized spacial score (nSPS) is 10.2. The van der Waals surface area contributed by atoms with Crippen LogP contribution in [0.1, 0.15) is 17.5 Å². The number of carbonyl (C=O) groups excluding carboxylic acids is 2. The maximum absolute atomic E-state index is 11.9. The molecule has 144 valence electrons. The fourth-order valence-corrected chi connectivity index (χ4v) is 2.83. The Balaban J connectivity index is 1.59. The van der Waals surface area contributed by atoms with Crippen molar-refractivity contribution >= 4 is 33.6 Å². The number of amides is 3. The molecule has 2 aromatic carbocycles. The predicted molar refractivity (Wildman–Crippen MR) is 110 cm³/mol. The molecule has 6 nitrogen and oxygen atoms in total. The van der Waals surface area contributed by atoms with Crippen molar-refractivity contribution in [3.8, 4) is 5.75 Å². The van der Waals surface area contributed by atoms with Crippen LogP contribution < -0.4 is 20.7 Å². The van der Waals surface area contributed by atoms with Gasteiger partial charge in [-0.05, 0) is 61.7 Å². The first-order chi connectivity index (χ1) is 12.9. The van der Waals surface area contributed by atoms with E-state index in [2.05, 4.69) is 31.9 Å². The third kappa shape index (κ3) is 7.70. The van der Waals surface area contributed by atoms with Gasteiger partial charge in [0.2, 0.25) is 5.91 Å². The van der Waals surface area contributed by atoms with Crippen molar-refractivity contribution in [2.45, 2.75) is 20.3 Å². The Labute approximate surface area is 167 Å². The molecule has 0 saturated carbocycles. The van der Waals surface area contributed by atoms with Gasteiger partial charge in [0.25, 0.3) is 0 Å². The highest BCUT2D eigenvalue weighted by molar-refractivity contribution is 9.10. The molecule has 0 aliphatic heterocycles. The molecule has 27 heavy (non-hydrogen) atoms. The summed E-state index contributed by atoms with van der Waals surface area (Å²) in [5, 5.41) is 8.01. The van der Waals surface area contributed by atoms with Crippen LogP contribution >= 0.6 is 15.9 Å². The minimum absolute atomic E-state index is 0.0961. The highest BCUT2D eigenvalue weighted by Gasteiger charge is 2.07. The standard InChI is InChI=1S/C20H24BrN3O3/c1-14-5-3-6-17(11-14)27-10-4-9-22-20(26)23-13-19(25)24-18-8-7-16(21)12-15(18)2/h3,5-8,11-12H,4,9-10,13H2,1-2H3,(H,24,25)(H2,22,23,26). The van der Waals surface area contributed by atoms with Gasteiger partial charge in [0.15, 0.2) is 0 Å². The highest BCUT2D eigenvalue weighted by Crippen LogP contribution is 2.19. The van der Waals surface area contributed by atoms with Gasteiger partial charge in [-0.3, -0.25) is 4.79 Å². The van der Waals surface area contributed by atoms with Crippen LogP contribution in [-0.2, 0) is 4.79 Å². The van der Waals surface area contributed by atoms with Crippen LogP contribution in [-0.4, -0.2) is 31.6 Å². The summed E-state index contributed by atoms with van der Waals surface area (Å²) in [5.41, 5.74) is 2.80. The third-order valence-corrected chi connectivity index (χ3v) is 4.23. The minimum Gasteiger partial charge on any atom is -0.494 e. The molecule has 3 amide bonds. The van der Waals surface area contributed by atoms with E-state index >= 15 is 0 Å². The van der Waals surface area contributed by atoms with E-state index in [-0.39, 0.29) is 18.5 Å². The van der Waals surface area contributed by atoms with E-state index in [4.69, 9.17) is 4.74 Å². The molecular weight excluding hydrogens is 410 g/mol. The van der Waals surface area contributed by atoms with Crippen LogP contribution in [0.5, 0.6) is 5.75 Å². The third-order valence-electron chi connectivity index (χ3n) is 3.74. The molecule has 0 aliphatic carbocycles. The maximum atomic E-state index is 11.9. The lowest BCUT2D eigenvalue weighted by Gasteiger charge is -2.11. The quantitative estimate of drug-likeness (QED) is 0.554. The van der Waals surface area contributed by atoms with Gasteiger partial charge in [0, 0.05) is 16.7 Å². The van der Waals surface area contributed by atoms with Crippen LogP contribution in [0.3, 0.4) is 0 Å². The van der Waals surface area contributed by atoms with Crippen LogP contribution in [0.4, 0.5) is 10.5 Å². The number of hydrogen-bond acceptors (Lipinski definition) is 3. The number of rotatable bonds is 8. The Morgan fingerprint density at radius 2 is 1.89 bits per heavy atom. The molecule has 0 spiro atoms. The number of halogens is 1. The molecule has 0 fully saturated rings. The van der Waals surface area contributed by atoms with Gasteiger partial charge in [-0.2, -0.15) is 0 Å². The average Bonchev–Trinajstić information content (AvgIpc) is 2.62. The molecule has 0 bridgehead atoms. The number of anilines is 1. The second kappa shape index (κ2) is 10.6. The molecular formula is C20H24BrN3O3. The van der Waals surface area contributed by atoms with E-state index in [9.17, 15) is 9.59 Å². The zero-order chi connectivity index (χ0) is 19.6. The highest BCUT2D eigenvalue weighted by atomic mass is 79.9. The summed E-state index contributed by atoms with van der Waals surface area (Å²) in [6, 6.07) is 13.0. The van der Waals surface area contributed by atoms with Gasteiger partial charge in [-0.25, -0.2) is 4.79 Å². The summed E-state index contributed by atoms with van der Waals surface area (Å²) in [4.78, 5) is 23.7.